The Bertz CT molecular complexity index is 415. The van der Waals surface area contributed by atoms with Gasteiger partial charge in [0.25, 0.3) is 0 Å². The number of thiol groups is 1. The van der Waals surface area contributed by atoms with Crippen LogP contribution in [0.3, 0.4) is 0 Å². The molecule has 1 aliphatic carbocycles. The highest BCUT2D eigenvalue weighted by Crippen LogP contribution is 2.47. The monoisotopic (exact) mass is 333 g/mol. The minimum absolute atomic E-state index is 0.0285. The highest BCUT2D eigenvalue weighted by atomic mass is 32.1. The third-order valence-corrected chi connectivity index (χ3v) is 6.22. The van der Waals surface area contributed by atoms with E-state index in [9.17, 15) is 0 Å². The van der Waals surface area contributed by atoms with E-state index in [1.54, 1.807) is 0 Å². The zero-order valence-electron chi connectivity index (χ0n) is 15.1. The lowest BCUT2D eigenvalue weighted by atomic mass is 9.65. The van der Waals surface area contributed by atoms with Gasteiger partial charge in [-0.25, -0.2) is 0 Å². The second kappa shape index (κ2) is 9.74. The van der Waals surface area contributed by atoms with E-state index in [1.807, 2.05) is 0 Å². The molecule has 0 aliphatic heterocycles. The molecule has 1 saturated carbocycles. The third kappa shape index (κ3) is 4.33. The van der Waals surface area contributed by atoms with Crippen LogP contribution < -0.4 is 4.72 Å². The van der Waals surface area contributed by atoms with Gasteiger partial charge < -0.3 is 0 Å². The summed E-state index contributed by atoms with van der Waals surface area (Å²) in [4.78, 5) is 0. The van der Waals surface area contributed by atoms with Crippen LogP contribution in [0.25, 0.3) is 0 Å². The van der Waals surface area contributed by atoms with Gasteiger partial charge in [0.15, 0.2) is 0 Å². The highest BCUT2D eigenvalue weighted by Gasteiger charge is 2.44. The average molecular weight is 334 g/mol. The van der Waals surface area contributed by atoms with Crippen molar-refractivity contribution in [3.63, 3.8) is 0 Å². The minimum Gasteiger partial charge on any atom is -0.256 e. The molecule has 23 heavy (non-hydrogen) atoms. The molecule has 2 rings (SSSR count). The van der Waals surface area contributed by atoms with Crippen molar-refractivity contribution in [3.8, 4) is 0 Å². The minimum atomic E-state index is 0.0285. The van der Waals surface area contributed by atoms with Crippen molar-refractivity contribution < 1.29 is 0 Å². The maximum atomic E-state index is 4.73. The summed E-state index contributed by atoms with van der Waals surface area (Å²) >= 11 is 4.73. The van der Waals surface area contributed by atoms with E-state index in [2.05, 4.69) is 48.9 Å². The van der Waals surface area contributed by atoms with Crippen LogP contribution in [0, 0.1) is 11.8 Å². The molecule has 0 saturated heterocycles. The number of nitrogens with one attached hydrogen (secondary N) is 1. The Morgan fingerprint density at radius 1 is 1.00 bits per heavy atom. The summed E-state index contributed by atoms with van der Waals surface area (Å²) in [6.07, 6.45) is 13.3. The topological polar surface area (TPSA) is 12.0 Å². The predicted molar refractivity (Wildman–Crippen MR) is 105 cm³/mol. The average Bonchev–Trinajstić information content (AvgIpc) is 2.87. The fourth-order valence-corrected chi connectivity index (χ4v) is 5.29. The normalized spacial score (nSPS) is 19.5. The maximum Gasteiger partial charge on any atom is 0.0585 e. The number of rotatable bonds is 8. The van der Waals surface area contributed by atoms with Gasteiger partial charge >= 0.3 is 0 Å². The highest BCUT2D eigenvalue weighted by molar-refractivity contribution is 7.78. The molecule has 0 aromatic heterocycles. The van der Waals surface area contributed by atoms with Gasteiger partial charge in [0.05, 0.1) is 5.54 Å². The van der Waals surface area contributed by atoms with Crippen molar-refractivity contribution in [2.75, 3.05) is 0 Å². The Balaban J connectivity index is 2.45. The van der Waals surface area contributed by atoms with E-state index in [0.29, 0.717) is 11.8 Å². The van der Waals surface area contributed by atoms with Crippen molar-refractivity contribution in [2.24, 2.45) is 11.8 Å². The molecule has 0 spiro atoms. The Labute approximate surface area is 149 Å². The lowest BCUT2D eigenvalue weighted by Crippen LogP contribution is -2.50. The summed E-state index contributed by atoms with van der Waals surface area (Å²) in [6.45, 7) is 4.65. The number of benzene rings is 1. The summed E-state index contributed by atoms with van der Waals surface area (Å²) in [5.41, 5.74) is 1.48. The van der Waals surface area contributed by atoms with Gasteiger partial charge in [-0.3, -0.25) is 4.72 Å². The SMILES string of the molecule is CCCC(CCC)C(NS)(c1ccccc1)C1CCCCCC1. The van der Waals surface area contributed by atoms with Crippen molar-refractivity contribution in [1.29, 1.82) is 0 Å². The number of hydrogen-bond acceptors (Lipinski definition) is 2. The van der Waals surface area contributed by atoms with E-state index >= 15 is 0 Å². The van der Waals surface area contributed by atoms with Gasteiger partial charge in [-0.1, -0.05) is 95.5 Å². The van der Waals surface area contributed by atoms with Crippen molar-refractivity contribution in [1.82, 2.24) is 4.72 Å². The zero-order valence-corrected chi connectivity index (χ0v) is 16.0. The molecule has 1 aromatic rings. The smallest absolute Gasteiger partial charge is 0.0585 e. The van der Waals surface area contributed by atoms with Crippen LogP contribution in [-0.4, -0.2) is 0 Å². The van der Waals surface area contributed by atoms with Crippen molar-refractivity contribution >= 4 is 12.8 Å². The first kappa shape index (κ1) is 18.9. The van der Waals surface area contributed by atoms with Gasteiger partial charge in [-0.2, -0.15) is 0 Å². The molecule has 130 valence electrons. The van der Waals surface area contributed by atoms with Crippen LogP contribution in [0.15, 0.2) is 30.3 Å². The molecule has 1 nitrogen and oxygen atoms in total. The van der Waals surface area contributed by atoms with Crippen LogP contribution in [0.4, 0.5) is 0 Å². The summed E-state index contributed by atoms with van der Waals surface area (Å²) < 4.78 is 3.59. The molecule has 1 fully saturated rings. The van der Waals surface area contributed by atoms with Crippen LogP contribution in [-0.2, 0) is 5.54 Å². The maximum absolute atomic E-state index is 4.73. The molecule has 1 unspecified atom stereocenters. The molecule has 0 heterocycles. The Kier molecular flexibility index (Phi) is 7.98. The second-order valence-corrected chi connectivity index (χ2v) is 7.53. The summed E-state index contributed by atoms with van der Waals surface area (Å²) in [5, 5.41) is 0. The first-order chi connectivity index (χ1) is 11.3. The molecule has 1 aliphatic rings. The van der Waals surface area contributed by atoms with Crippen LogP contribution in [0.2, 0.25) is 0 Å². The molecular weight excluding hydrogens is 298 g/mol. The fourth-order valence-electron chi connectivity index (χ4n) is 4.80. The summed E-state index contributed by atoms with van der Waals surface area (Å²) in [6, 6.07) is 11.2. The van der Waals surface area contributed by atoms with Crippen molar-refractivity contribution in [3.05, 3.63) is 35.9 Å². The Morgan fingerprint density at radius 3 is 2.04 bits per heavy atom. The largest absolute Gasteiger partial charge is 0.256 e. The number of hydrogen-bond donors (Lipinski definition) is 2. The standard InChI is InChI=1S/C21H35NS/c1-3-12-18(13-4-2)21(22-23,20-16-10-7-11-17-20)19-14-8-5-6-9-15-19/h7,10-11,16-19,22-23H,3-6,8-9,12-15H2,1-2H3. The van der Waals surface area contributed by atoms with E-state index in [1.165, 1.54) is 69.8 Å². The third-order valence-electron chi connectivity index (χ3n) is 5.85. The van der Waals surface area contributed by atoms with E-state index in [-0.39, 0.29) is 5.54 Å². The van der Waals surface area contributed by atoms with Gasteiger partial charge in [0, 0.05) is 0 Å². The summed E-state index contributed by atoms with van der Waals surface area (Å²) in [7, 11) is 0. The van der Waals surface area contributed by atoms with E-state index in [0.717, 1.165) is 0 Å². The lowest BCUT2D eigenvalue weighted by molar-refractivity contribution is 0.121. The predicted octanol–water partition coefficient (Wildman–Crippen LogP) is 6.50. The van der Waals surface area contributed by atoms with E-state index in [4.69, 9.17) is 12.8 Å². The molecule has 1 atom stereocenters. The molecule has 2 heteroatoms. The van der Waals surface area contributed by atoms with Crippen LogP contribution >= 0.6 is 12.8 Å². The fraction of sp³-hybridized carbons (Fsp3) is 0.714. The molecule has 1 N–H and O–H groups in total. The first-order valence-electron chi connectivity index (χ1n) is 9.76. The van der Waals surface area contributed by atoms with Crippen molar-refractivity contribution in [2.45, 2.75) is 83.6 Å². The Hall–Kier alpha value is -0.470. The van der Waals surface area contributed by atoms with Gasteiger partial charge in [0.1, 0.15) is 0 Å². The zero-order chi connectivity index (χ0) is 16.5. The quantitative estimate of drug-likeness (QED) is 0.408. The van der Waals surface area contributed by atoms with Crippen LogP contribution in [0.1, 0.15) is 83.6 Å². The van der Waals surface area contributed by atoms with Gasteiger partial charge in [-0.05, 0) is 43.1 Å². The summed E-state index contributed by atoms with van der Waals surface area (Å²) in [5.74, 6) is 1.37. The first-order valence-corrected chi connectivity index (χ1v) is 10.2. The Morgan fingerprint density at radius 2 is 1.57 bits per heavy atom. The van der Waals surface area contributed by atoms with Gasteiger partial charge in [-0.15, -0.1) is 0 Å². The van der Waals surface area contributed by atoms with Crippen LogP contribution in [0.5, 0.6) is 0 Å². The second-order valence-electron chi connectivity index (χ2n) is 7.31. The molecule has 0 radical (unpaired) electrons. The lowest BCUT2D eigenvalue weighted by Gasteiger charge is -2.47. The molecule has 0 amide bonds. The molecule has 0 bridgehead atoms. The molecular formula is C21H35NS. The van der Waals surface area contributed by atoms with Gasteiger partial charge in [0.2, 0.25) is 0 Å². The molecule has 1 aromatic carbocycles. The van der Waals surface area contributed by atoms with E-state index < -0.39 is 0 Å².